The number of aryl methyl sites for hydroxylation is 1. The van der Waals surface area contributed by atoms with Crippen LogP contribution in [0.4, 0.5) is 4.39 Å². The third-order valence-corrected chi connectivity index (χ3v) is 3.31. The molecule has 0 heterocycles. The molecule has 0 fully saturated rings. The van der Waals surface area contributed by atoms with Crippen molar-refractivity contribution in [3.63, 3.8) is 0 Å². The van der Waals surface area contributed by atoms with Crippen LogP contribution in [0.25, 0.3) is 10.8 Å². The third-order valence-electron chi connectivity index (χ3n) is 2.68. The maximum atomic E-state index is 13.6. The fourth-order valence-corrected chi connectivity index (χ4v) is 2.59. The quantitative estimate of drug-likeness (QED) is 0.798. The summed E-state index contributed by atoms with van der Waals surface area (Å²) in [6, 6.07) is 7.06. The van der Waals surface area contributed by atoms with Crippen molar-refractivity contribution in [1.82, 2.24) is 0 Å². The summed E-state index contributed by atoms with van der Waals surface area (Å²) in [5.74, 6) is 0.619. The van der Waals surface area contributed by atoms with Crippen LogP contribution in [-0.2, 0) is 6.42 Å². The summed E-state index contributed by atoms with van der Waals surface area (Å²) in [6.07, 6.45) is 0.675. The molecule has 3 heteroatoms. The van der Waals surface area contributed by atoms with Crippen molar-refractivity contribution < 1.29 is 9.13 Å². The van der Waals surface area contributed by atoms with E-state index in [0.717, 1.165) is 26.6 Å². The molecule has 0 aliphatic rings. The summed E-state index contributed by atoms with van der Waals surface area (Å²) < 4.78 is 19.7. The Balaban J connectivity index is 2.83. The molecule has 0 radical (unpaired) electrons. The van der Waals surface area contributed by atoms with Gasteiger partial charge >= 0.3 is 0 Å². The van der Waals surface area contributed by atoms with E-state index in [0.29, 0.717) is 6.42 Å². The SMILES string of the molecule is CCc1c(F)ccc2cc(OC)cc(Br)c12. The average molecular weight is 283 g/mol. The van der Waals surface area contributed by atoms with E-state index in [1.54, 1.807) is 13.2 Å². The molecule has 0 aliphatic carbocycles. The number of halogens is 2. The lowest BCUT2D eigenvalue weighted by molar-refractivity contribution is 0.415. The minimum absolute atomic E-state index is 0.152. The summed E-state index contributed by atoms with van der Waals surface area (Å²) in [6.45, 7) is 1.95. The molecule has 2 aromatic carbocycles. The first-order valence-corrected chi connectivity index (χ1v) is 5.91. The second-order valence-electron chi connectivity index (χ2n) is 3.59. The van der Waals surface area contributed by atoms with E-state index in [4.69, 9.17) is 4.74 Å². The Morgan fingerprint density at radius 1 is 1.31 bits per heavy atom. The Morgan fingerprint density at radius 2 is 2.06 bits per heavy atom. The minimum Gasteiger partial charge on any atom is -0.497 e. The van der Waals surface area contributed by atoms with Crippen molar-refractivity contribution in [2.75, 3.05) is 7.11 Å². The number of hydrogen-bond acceptors (Lipinski definition) is 1. The van der Waals surface area contributed by atoms with Gasteiger partial charge in [0.2, 0.25) is 0 Å². The summed E-state index contributed by atoms with van der Waals surface area (Å²) in [5.41, 5.74) is 0.743. The number of rotatable bonds is 2. The zero-order valence-electron chi connectivity index (χ0n) is 9.18. The monoisotopic (exact) mass is 282 g/mol. The van der Waals surface area contributed by atoms with Gasteiger partial charge in [0.1, 0.15) is 11.6 Å². The normalized spacial score (nSPS) is 10.8. The average Bonchev–Trinajstić information content (AvgIpc) is 2.29. The van der Waals surface area contributed by atoms with Crippen molar-refractivity contribution >= 4 is 26.7 Å². The highest BCUT2D eigenvalue weighted by Crippen LogP contribution is 2.33. The number of benzene rings is 2. The first-order valence-electron chi connectivity index (χ1n) is 5.12. The molecule has 0 amide bonds. The Morgan fingerprint density at radius 3 is 2.69 bits per heavy atom. The van der Waals surface area contributed by atoms with Crippen LogP contribution < -0.4 is 4.74 Å². The number of hydrogen-bond donors (Lipinski definition) is 0. The highest BCUT2D eigenvalue weighted by molar-refractivity contribution is 9.10. The lowest BCUT2D eigenvalue weighted by atomic mass is 10.0. The topological polar surface area (TPSA) is 9.23 Å². The van der Waals surface area contributed by atoms with Crippen LogP contribution >= 0.6 is 15.9 Å². The van der Waals surface area contributed by atoms with E-state index in [2.05, 4.69) is 15.9 Å². The number of fused-ring (bicyclic) bond motifs is 1. The van der Waals surface area contributed by atoms with Gasteiger partial charge in [0.15, 0.2) is 0 Å². The van der Waals surface area contributed by atoms with Crippen LogP contribution in [0.3, 0.4) is 0 Å². The molecule has 2 aromatic rings. The lowest BCUT2D eigenvalue weighted by Gasteiger charge is -2.10. The van der Waals surface area contributed by atoms with Gasteiger partial charge < -0.3 is 4.74 Å². The molecular formula is C13H12BrFO. The van der Waals surface area contributed by atoms with E-state index in [1.807, 2.05) is 19.1 Å². The maximum Gasteiger partial charge on any atom is 0.127 e. The van der Waals surface area contributed by atoms with Gasteiger partial charge in [-0.3, -0.25) is 0 Å². The van der Waals surface area contributed by atoms with E-state index >= 15 is 0 Å². The fourth-order valence-electron chi connectivity index (χ4n) is 1.90. The predicted molar refractivity (Wildman–Crippen MR) is 67.5 cm³/mol. The highest BCUT2D eigenvalue weighted by atomic mass is 79.9. The molecule has 0 aromatic heterocycles. The highest BCUT2D eigenvalue weighted by Gasteiger charge is 2.10. The zero-order valence-corrected chi connectivity index (χ0v) is 10.8. The van der Waals surface area contributed by atoms with Crippen LogP contribution in [0.2, 0.25) is 0 Å². The molecule has 2 rings (SSSR count). The van der Waals surface area contributed by atoms with Crippen LogP contribution in [0.5, 0.6) is 5.75 Å². The van der Waals surface area contributed by atoms with Gasteiger partial charge in [-0.25, -0.2) is 4.39 Å². The van der Waals surface area contributed by atoms with Gasteiger partial charge in [0.25, 0.3) is 0 Å². The second-order valence-corrected chi connectivity index (χ2v) is 4.44. The first-order chi connectivity index (χ1) is 7.67. The number of methoxy groups -OCH3 is 1. The first kappa shape index (κ1) is 11.4. The van der Waals surface area contributed by atoms with Crippen molar-refractivity contribution in [2.24, 2.45) is 0 Å². The largest absolute Gasteiger partial charge is 0.497 e. The predicted octanol–water partition coefficient (Wildman–Crippen LogP) is 4.31. The molecule has 16 heavy (non-hydrogen) atoms. The summed E-state index contributed by atoms with van der Waals surface area (Å²) in [4.78, 5) is 0. The molecule has 0 unspecified atom stereocenters. The van der Waals surface area contributed by atoms with Crippen molar-refractivity contribution in [3.8, 4) is 5.75 Å². The number of ether oxygens (including phenoxy) is 1. The van der Waals surface area contributed by atoms with Crippen molar-refractivity contribution in [3.05, 3.63) is 40.1 Å². The van der Waals surface area contributed by atoms with E-state index in [9.17, 15) is 4.39 Å². The summed E-state index contributed by atoms with van der Waals surface area (Å²) in [5, 5.41) is 1.92. The smallest absolute Gasteiger partial charge is 0.127 e. The standard InChI is InChI=1S/C13H12BrFO/c1-3-10-12(15)5-4-8-6-9(16-2)7-11(14)13(8)10/h4-7H,3H2,1-2H3. The van der Waals surface area contributed by atoms with Crippen LogP contribution in [0, 0.1) is 5.82 Å². The van der Waals surface area contributed by atoms with E-state index in [1.165, 1.54) is 6.07 Å². The Labute approximate surface area is 102 Å². The third kappa shape index (κ3) is 1.80. The van der Waals surface area contributed by atoms with Gasteiger partial charge in [-0.05, 0) is 35.6 Å². The van der Waals surface area contributed by atoms with Gasteiger partial charge in [-0.15, -0.1) is 0 Å². The Kier molecular flexibility index (Phi) is 3.15. The zero-order chi connectivity index (χ0) is 11.7. The van der Waals surface area contributed by atoms with Crippen LogP contribution in [0.15, 0.2) is 28.7 Å². The molecule has 0 aliphatic heterocycles. The summed E-state index contributed by atoms with van der Waals surface area (Å²) >= 11 is 3.47. The van der Waals surface area contributed by atoms with Crippen LogP contribution in [-0.4, -0.2) is 7.11 Å². The molecule has 0 saturated carbocycles. The van der Waals surface area contributed by atoms with Gasteiger partial charge in [-0.1, -0.05) is 28.9 Å². The molecule has 0 spiro atoms. The molecule has 1 nitrogen and oxygen atoms in total. The lowest BCUT2D eigenvalue weighted by Crippen LogP contribution is -1.92. The van der Waals surface area contributed by atoms with Gasteiger partial charge in [0.05, 0.1) is 7.11 Å². The molecule has 84 valence electrons. The van der Waals surface area contributed by atoms with Gasteiger partial charge in [0, 0.05) is 9.86 Å². The second kappa shape index (κ2) is 4.42. The van der Waals surface area contributed by atoms with Crippen molar-refractivity contribution in [1.29, 1.82) is 0 Å². The fraction of sp³-hybridized carbons (Fsp3) is 0.231. The molecular weight excluding hydrogens is 271 g/mol. The Bertz CT molecular complexity index is 537. The Hall–Kier alpha value is -1.09. The minimum atomic E-state index is -0.152. The molecule has 0 bridgehead atoms. The molecule has 0 N–H and O–H groups in total. The molecule has 0 atom stereocenters. The maximum absolute atomic E-state index is 13.6. The summed E-state index contributed by atoms with van der Waals surface area (Å²) in [7, 11) is 1.62. The van der Waals surface area contributed by atoms with E-state index in [-0.39, 0.29) is 5.82 Å². The van der Waals surface area contributed by atoms with Gasteiger partial charge in [-0.2, -0.15) is 0 Å². The van der Waals surface area contributed by atoms with Crippen molar-refractivity contribution in [2.45, 2.75) is 13.3 Å². The van der Waals surface area contributed by atoms with E-state index < -0.39 is 0 Å². The molecule has 0 saturated heterocycles. The van der Waals surface area contributed by atoms with Crippen LogP contribution in [0.1, 0.15) is 12.5 Å².